The van der Waals surface area contributed by atoms with Gasteiger partial charge in [0.2, 0.25) is 0 Å². The minimum Gasteiger partial charge on any atom is -0.346 e. The Hall–Kier alpha value is -1.49. The van der Waals surface area contributed by atoms with E-state index in [2.05, 4.69) is 4.98 Å². The fourth-order valence-electron chi connectivity index (χ4n) is 2.85. The number of hydrogen-bond acceptors (Lipinski definition) is 5. The maximum Gasteiger partial charge on any atom is 0.270 e. The molecule has 0 atom stereocenters. The lowest BCUT2D eigenvalue weighted by atomic mass is 10.2. The minimum absolute atomic E-state index is 0.231. The summed E-state index contributed by atoms with van der Waals surface area (Å²) in [5.41, 5.74) is 2.17. The molecule has 0 N–H and O–H groups in total. The Bertz CT molecular complexity index is 1040. The fourth-order valence-corrected chi connectivity index (χ4v) is 5.52. The van der Waals surface area contributed by atoms with Gasteiger partial charge in [-0.25, -0.2) is 17.4 Å². The second-order valence-electron chi connectivity index (χ2n) is 5.76. The highest BCUT2D eigenvalue weighted by atomic mass is 127. The van der Waals surface area contributed by atoms with E-state index in [4.69, 9.17) is 9.47 Å². The lowest BCUT2D eigenvalue weighted by Crippen LogP contribution is -2.15. The summed E-state index contributed by atoms with van der Waals surface area (Å²) in [7, 11) is -3.74. The van der Waals surface area contributed by atoms with Gasteiger partial charge in [-0.1, -0.05) is 17.7 Å². The molecular formula is C17H15IN2O4S. The third-order valence-corrected chi connectivity index (χ3v) is 6.93. The summed E-state index contributed by atoms with van der Waals surface area (Å²) in [5.74, 6) is 0. The molecule has 8 heteroatoms. The van der Waals surface area contributed by atoms with Crippen LogP contribution < -0.4 is 0 Å². The molecule has 1 aliphatic heterocycles. The molecule has 0 bridgehead atoms. The molecule has 1 aromatic carbocycles. The molecule has 6 nitrogen and oxygen atoms in total. The Morgan fingerprint density at radius 1 is 1.16 bits per heavy atom. The summed E-state index contributed by atoms with van der Waals surface area (Å²) in [4.78, 5) is 4.54. The fraction of sp³-hybridized carbons (Fsp3) is 0.235. The van der Waals surface area contributed by atoms with Gasteiger partial charge in [0.05, 0.1) is 21.8 Å². The number of benzene rings is 1. The monoisotopic (exact) mass is 470 g/mol. The van der Waals surface area contributed by atoms with E-state index < -0.39 is 16.3 Å². The van der Waals surface area contributed by atoms with Gasteiger partial charge >= 0.3 is 0 Å². The number of fused-ring (bicyclic) bond motifs is 1. The maximum absolute atomic E-state index is 13.1. The van der Waals surface area contributed by atoms with Crippen LogP contribution in [-0.4, -0.2) is 30.6 Å². The van der Waals surface area contributed by atoms with Crippen molar-refractivity contribution in [1.29, 1.82) is 0 Å². The van der Waals surface area contributed by atoms with E-state index in [1.165, 1.54) is 3.97 Å². The standard InChI is InChI=1S/C17H15IN2O4S/c1-11-2-4-12(5-3-11)25(21,22)20-15(18)10-14-13(6-7-19-16(14)20)17-23-8-9-24-17/h2-7,10,17H,8-9H2,1H3. The minimum atomic E-state index is -3.74. The van der Waals surface area contributed by atoms with Crippen molar-refractivity contribution in [3.8, 4) is 0 Å². The zero-order chi connectivity index (χ0) is 17.6. The zero-order valence-corrected chi connectivity index (χ0v) is 16.3. The average Bonchev–Trinajstić information content (AvgIpc) is 3.21. The first-order chi connectivity index (χ1) is 12.0. The molecule has 0 amide bonds. The molecule has 2 aromatic heterocycles. The molecule has 1 saturated heterocycles. The number of pyridine rings is 1. The Kier molecular flexibility index (Phi) is 4.30. The Balaban J connectivity index is 1.92. The van der Waals surface area contributed by atoms with Gasteiger partial charge in [0, 0.05) is 17.1 Å². The highest BCUT2D eigenvalue weighted by molar-refractivity contribution is 14.1. The van der Waals surface area contributed by atoms with Gasteiger partial charge in [0.25, 0.3) is 10.0 Å². The summed E-state index contributed by atoms with van der Waals surface area (Å²) >= 11 is 2.01. The van der Waals surface area contributed by atoms with Crippen LogP contribution in [0.15, 0.2) is 47.5 Å². The normalized spacial score (nSPS) is 15.9. The Morgan fingerprint density at radius 2 is 1.84 bits per heavy atom. The molecule has 25 heavy (non-hydrogen) atoms. The second-order valence-corrected chi connectivity index (χ2v) is 8.65. The predicted octanol–water partition coefficient (Wildman–Crippen LogP) is 3.23. The smallest absolute Gasteiger partial charge is 0.270 e. The van der Waals surface area contributed by atoms with E-state index >= 15 is 0 Å². The van der Waals surface area contributed by atoms with Crippen molar-refractivity contribution in [3.63, 3.8) is 0 Å². The zero-order valence-electron chi connectivity index (χ0n) is 13.3. The summed E-state index contributed by atoms with van der Waals surface area (Å²) < 4.78 is 39.2. The van der Waals surface area contributed by atoms with Crippen LogP contribution in [0.3, 0.4) is 0 Å². The molecule has 1 fully saturated rings. The third-order valence-electron chi connectivity index (χ3n) is 4.09. The lowest BCUT2D eigenvalue weighted by molar-refractivity contribution is -0.0430. The molecule has 3 aromatic rings. The van der Waals surface area contributed by atoms with E-state index in [0.29, 0.717) is 22.6 Å². The van der Waals surface area contributed by atoms with E-state index in [1.807, 2.05) is 29.5 Å². The molecular weight excluding hydrogens is 455 g/mol. The summed E-state index contributed by atoms with van der Waals surface area (Å²) in [6.07, 6.45) is 1.10. The second kappa shape index (κ2) is 6.35. The molecule has 1 aliphatic rings. The third kappa shape index (κ3) is 2.86. The number of aryl methyl sites for hydroxylation is 1. The van der Waals surface area contributed by atoms with Gasteiger partial charge in [-0.15, -0.1) is 0 Å². The van der Waals surface area contributed by atoms with Gasteiger partial charge in [0.1, 0.15) is 0 Å². The van der Waals surface area contributed by atoms with Crippen LogP contribution in [0.2, 0.25) is 0 Å². The van der Waals surface area contributed by atoms with Gasteiger partial charge in [-0.3, -0.25) is 0 Å². The van der Waals surface area contributed by atoms with Crippen LogP contribution in [0.25, 0.3) is 11.0 Å². The van der Waals surface area contributed by atoms with E-state index in [-0.39, 0.29) is 4.90 Å². The molecule has 3 heterocycles. The first-order valence-corrected chi connectivity index (χ1v) is 10.2. The first kappa shape index (κ1) is 17.0. The largest absolute Gasteiger partial charge is 0.346 e. The van der Waals surface area contributed by atoms with Gasteiger partial charge < -0.3 is 9.47 Å². The highest BCUT2D eigenvalue weighted by Crippen LogP contribution is 2.33. The van der Waals surface area contributed by atoms with Crippen molar-refractivity contribution in [2.75, 3.05) is 13.2 Å². The number of rotatable bonds is 3. The van der Waals surface area contributed by atoms with Gasteiger partial charge in [-0.2, -0.15) is 0 Å². The van der Waals surface area contributed by atoms with Crippen molar-refractivity contribution in [2.24, 2.45) is 0 Å². The molecule has 0 spiro atoms. The number of ether oxygens (including phenoxy) is 2. The molecule has 0 saturated carbocycles. The lowest BCUT2D eigenvalue weighted by Gasteiger charge is -2.11. The Labute approximate surface area is 159 Å². The van der Waals surface area contributed by atoms with Crippen molar-refractivity contribution < 1.29 is 17.9 Å². The van der Waals surface area contributed by atoms with Crippen LogP contribution in [0, 0.1) is 10.6 Å². The van der Waals surface area contributed by atoms with Crippen LogP contribution >= 0.6 is 22.6 Å². The SMILES string of the molecule is Cc1ccc(S(=O)(=O)n2c(I)cc3c(C4OCCO4)ccnc32)cc1. The molecule has 4 rings (SSSR count). The quantitative estimate of drug-likeness (QED) is 0.550. The van der Waals surface area contributed by atoms with Crippen molar-refractivity contribution in [3.05, 3.63) is 57.4 Å². The first-order valence-electron chi connectivity index (χ1n) is 7.70. The summed E-state index contributed by atoms with van der Waals surface area (Å²) in [5, 5.41) is 0.717. The topological polar surface area (TPSA) is 70.4 Å². The van der Waals surface area contributed by atoms with E-state index in [0.717, 1.165) is 16.5 Å². The van der Waals surface area contributed by atoms with Crippen LogP contribution in [0.1, 0.15) is 17.4 Å². The highest BCUT2D eigenvalue weighted by Gasteiger charge is 2.27. The Morgan fingerprint density at radius 3 is 2.52 bits per heavy atom. The van der Waals surface area contributed by atoms with Crippen molar-refractivity contribution in [2.45, 2.75) is 18.1 Å². The van der Waals surface area contributed by atoms with Gasteiger partial charge in [-0.05, 0) is 53.8 Å². The van der Waals surface area contributed by atoms with Crippen LogP contribution in [0.5, 0.6) is 0 Å². The molecule has 130 valence electrons. The van der Waals surface area contributed by atoms with E-state index in [9.17, 15) is 8.42 Å². The van der Waals surface area contributed by atoms with Crippen molar-refractivity contribution in [1.82, 2.24) is 8.96 Å². The summed E-state index contributed by atoms with van der Waals surface area (Å²) in [6.45, 7) is 2.96. The number of halogens is 1. The van der Waals surface area contributed by atoms with Crippen LogP contribution in [-0.2, 0) is 19.5 Å². The maximum atomic E-state index is 13.1. The molecule has 0 unspecified atom stereocenters. The number of nitrogens with zero attached hydrogens (tertiary/aromatic N) is 2. The van der Waals surface area contributed by atoms with Gasteiger partial charge in [0.15, 0.2) is 11.9 Å². The number of hydrogen-bond donors (Lipinski definition) is 0. The molecule has 0 radical (unpaired) electrons. The average molecular weight is 470 g/mol. The molecule has 0 aliphatic carbocycles. The number of aromatic nitrogens is 2. The van der Waals surface area contributed by atoms with Crippen molar-refractivity contribution >= 4 is 43.6 Å². The van der Waals surface area contributed by atoms with Crippen LogP contribution in [0.4, 0.5) is 0 Å². The predicted molar refractivity (Wildman–Crippen MR) is 101 cm³/mol. The van der Waals surface area contributed by atoms with E-state index in [1.54, 1.807) is 42.6 Å². The summed E-state index contributed by atoms with van der Waals surface area (Å²) in [6, 6.07) is 10.4.